The van der Waals surface area contributed by atoms with Crippen molar-refractivity contribution in [1.29, 1.82) is 0 Å². The number of carbonyl (C=O) groups is 3. The van der Waals surface area contributed by atoms with Crippen molar-refractivity contribution in [2.45, 2.75) is 37.8 Å². The van der Waals surface area contributed by atoms with E-state index < -0.39 is 17.8 Å². The van der Waals surface area contributed by atoms with Crippen molar-refractivity contribution in [2.24, 2.45) is 0 Å². The molecule has 2 amide bonds. The van der Waals surface area contributed by atoms with E-state index in [4.69, 9.17) is 9.47 Å². The van der Waals surface area contributed by atoms with Crippen molar-refractivity contribution >= 4 is 44.9 Å². The van der Waals surface area contributed by atoms with Gasteiger partial charge < -0.3 is 24.8 Å². The van der Waals surface area contributed by atoms with Gasteiger partial charge in [0, 0.05) is 47.8 Å². The van der Waals surface area contributed by atoms with E-state index in [9.17, 15) is 19.5 Å². The molecule has 10 nitrogen and oxygen atoms in total. The van der Waals surface area contributed by atoms with Crippen molar-refractivity contribution in [3.8, 4) is 5.75 Å². The van der Waals surface area contributed by atoms with E-state index in [1.54, 1.807) is 25.1 Å². The molecule has 2 aromatic carbocycles. The van der Waals surface area contributed by atoms with E-state index in [0.717, 1.165) is 14.7 Å². The quantitative estimate of drug-likeness (QED) is 0.484. The molecule has 188 valence electrons. The van der Waals surface area contributed by atoms with Gasteiger partial charge in [0.05, 0.1) is 29.9 Å². The van der Waals surface area contributed by atoms with Crippen LogP contribution in [-0.4, -0.2) is 63.2 Å². The second kappa shape index (κ2) is 9.45. The molecule has 2 aliphatic rings. The van der Waals surface area contributed by atoms with Gasteiger partial charge >= 0.3 is 12.2 Å². The van der Waals surface area contributed by atoms with E-state index in [1.165, 1.54) is 11.1 Å². The number of nitrogens with zero attached hydrogens (tertiary/aromatic N) is 3. The number of fused-ring (bicyclic) bond motifs is 2. The third-order valence-electron chi connectivity index (χ3n) is 6.78. The van der Waals surface area contributed by atoms with Gasteiger partial charge in [-0.3, -0.25) is 4.79 Å². The molecule has 2 N–H and O–H groups in total. The van der Waals surface area contributed by atoms with E-state index >= 15 is 0 Å². The minimum absolute atomic E-state index is 0.184. The van der Waals surface area contributed by atoms with Crippen LogP contribution in [0.25, 0.3) is 10.9 Å². The highest BCUT2D eigenvalue weighted by Gasteiger charge is 2.44. The molecule has 1 fully saturated rings. The zero-order chi connectivity index (χ0) is 25.4. The molecule has 0 radical (unpaired) electrons. The van der Waals surface area contributed by atoms with Gasteiger partial charge in [0.2, 0.25) is 0 Å². The molecule has 0 bridgehead atoms. The van der Waals surface area contributed by atoms with E-state index in [1.807, 2.05) is 18.2 Å². The van der Waals surface area contributed by atoms with Crippen LogP contribution in [0, 0.1) is 0 Å². The molecule has 0 unspecified atom stereocenters. The number of para-hydroxylation sites is 1. The predicted molar refractivity (Wildman–Crippen MR) is 133 cm³/mol. The summed E-state index contributed by atoms with van der Waals surface area (Å²) < 4.78 is 13.5. The summed E-state index contributed by atoms with van der Waals surface area (Å²) in [6.07, 6.45) is 1.45. The number of halogens is 1. The molecule has 0 aliphatic carbocycles. The molecule has 3 heterocycles. The van der Waals surface area contributed by atoms with Crippen LogP contribution in [0.3, 0.4) is 0 Å². The molecule has 1 aromatic heterocycles. The van der Waals surface area contributed by atoms with Gasteiger partial charge in [0.15, 0.2) is 0 Å². The fraction of sp³-hybridized carbons (Fsp3) is 0.360. The summed E-state index contributed by atoms with van der Waals surface area (Å²) in [5, 5.41) is 17.3. The first-order valence-electron chi connectivity index (χ1n) is 11.7. The number of amides is 2. The number of benzene rings is 2. The van der Waals surface area contributed by atoms with Crippen LogP contribution in [-0.2, 0) is 4.74 Å². The lowest BCUT2D eigenvalue weighted by atomic mass is 9.80. The van der Waals surface area contributed by atoms with Crippen LogP contribution in [0.2, 0.25) is 0 Å². The smallest absolute Gasteiger partial charge is 0.435 e. The lowest BCUT2D eigenvalue weighted by Crippen LogP contribution is -2.53. The third-order valence-corrected chi connectivity index (χ3v) is 7.27. The van der Waals surface area contributed by atoms with Crippen molar-refractivity contribution in [3.05, 3.63) is 58.2 Å². The molecule has 36 heavy (non-hydrogen) atoms. The van der Waals surface area contributed by atoms with Crippen molar-refractivity contribution in [2.75, 3.05) is 19.7 Å². The number of rotatable bonds is 3. The third kappa shape index (κ3) is 4.39. The molecule has 5 rings (SSSR count). The van der Waals surface area contributed by atoms with Crippen LogP contribution in [0.15, 0.2) is 47.1 Å². The van der Waals surface area contributed by atoms with Crippen LogP contribution in [0.1, 0.15) is 48.1 Å². The first-order valence-corrected chi connectivity index (χ1v) is 12.5. The molecule has 0 saturated carbocycles. The second-order valence-corrected chi connectivity index (χ2v) is 9.88. The topological polar surface area (TPSA) is 123 Å². The summed E-state index contributed by atoms with van der Waals surface area (Å²) in [5.74, 6) is 0.302. The summed E-state index contributed by atoms with van der Waals surface area (Å²) in [5.41, 5.74) is 0.911. The van der Waals surface area contributed by atoms with Crippen molar-refractivity contribution < 1.29 is 29.0 Å². The average molecular weight is 557 g/mol. The Hall–Kier alpha value is -3.60. The maximum atomic E-state index is 13.6. The molecule has 11 heteroatoms. The van der Waals surface area contributed by atoms with Gasteiger partial charge in [-0.15, -0.1) is 0 Å². The fourth-order valence-electron chi connectivity index (χ4n) is 5.00. The minimum atomic E-state index is -0.943. The van der Waals surface area contributed by atoms with Crippen LogP contribution in [0.5, 0.6) is 5.75 Å². The Morgan fingerprint density at radius 1 is 1.25 bits per heavy atom. The van der Waals surface area contributed by atoms with Crippen LogP contribution in [0.4, 0.5) is 9.59 Å². The van der Waals surface area contributed by atoms with E-state index in [0.29, 0.717) is 54.6 Å². The number of nitrogens with one attached hydrogen (secondary N) is 1. The summed E-state index contributed by atoms with van der Waals surface area (Å²) in [7, 11) is 0. The zero-order valence-corrected chi connectivity index (χ0v) is 21.2. The molecule has 3 aromatic rings. The number of piperidine rings is 1. The number of hydrogen-bond acceptors (Lipinski definition) is 6. The zero-order valence-electron chi connectivity index (χ0n) is 19.6. The summed E-state index contributed by atoms with van der Waals surface area (Å²) in [6, 6.07) is 10.4. The van der Waals surface area contributed by atoms with Gasteiger partial charge in [-0.2, -0.15) is 9.78 Å². The van der Waals surface area contributed by atoms with Gasteiger partial charge in [0.25, 0.3) is 5.91 Å². The summed E-state index contributed by atoms with van der Waals surface area (Å²) in [6.45, 7) is 2.61. The van der Waals surface area contributed by atoms with Crippen molar-refractivity contribution in [3.63, 3.8) is 0 Å². The van der Waals surface area contributed by atoms with Crippen LogP contribution < -0.4 is 10.1 Å². The number of carboxylic acid groups (broad SMARTS) is 1. The largest absolute Gasteiger partial charge is 0.487 e. The molecule has 1 atom stereocenters. The second-order valence-electron chi connectivity index (χ2n) is 8.97. The molecular formula is C25H25BrN4O6. The Morgan fingerprint density at radius 2 is 2.03 bits per heavy atom. The summed E-state index contributed by atoms with van der Waals surface area (Å²) >= 11 is 3.50. The first-order chi connectivity index (χ1) is 17.3. The lowest BCUT2D eigenvalue weighted by Gasteiger charge is -2.46. The highest BCUT2D eigenvalue weighted by atomic mass is 79.9. The van der Waals surface area contributed by atoms with Gasteiger partial charge in [-0.25, -0.2) is 9.59 Å². The Morgan fingerprint density at radius 3 is 2.75 bits per heavy atom. The number of hydrogen-bond donors (Lipinski definition) is 2. The summed E-state index contributed by atoms with van der Waals surface area (Å²) in [4.78, 5) is 38.9. The fourth-order valence-corrected chi connectivity index (χ4v) is 5.38. The molecule has 1 spiro atoms. The SMILES string of the molecule is CCOC(=O)n1ncc2cccc(C(=O)N[C@H]3CC4(CCN(C(=O)O)CC4)Oc4ccc(Br)cc43)c21. The Balaban J connectivity index is 1.47. The lowest BCUT2D eigenvalue weighted by molar-refractivity contribution is -0.0205. The Kier molecular flexibility index (Phi) is 6.33. The first kappa shape index (κ1) is 24.1. The monoisotopic (exact) mass is 556 g/mol. The standard InChI is InChI=1S/C25H25BrN4O6/c1-2-35-24(34)30-21-15(14-27-30)4-3-5-17(21)22(31)28-19-13-25(8-10-29(11-9-25)23(32)33)36-20-7-6-16(26)12-18(19)20/h3-7,12,14,19H,2,8-11,13H2,1H3,(H,28,31)(H,32,33)/t19-/m0/s1. The number of likely N-dealkylation sites (tertiary alicyclic amines) is 1. The molecule has 2 aliphatic heterocycles. The Bertz CT molecular complexity index is 1350. The maximum Gasteiger partial charge on any atom is 0.435 e. The highest BCUT2D eigenvalue weighted by molar-refractivity contribution is 9.10. The normalized spacial score (nSPS) is 18.4. The molecular weight excluding hydrogens is 532 g/mol. The number of ether oxygens (including phenoxy) is 2. The van der Waals surface area contributed by atoms with Crippen molar-refractivity contribution in [1.82, 2.24) is 20.0 Å². The van der Waals surface area contributed by atoms with E-state index in [2.05, 4.69) is 26.3 Å². The van der Waals surface area contributed by atoms with Gasteiger partial charge in [-0.1, -0.05) is 28.1 Å². The minimum Gasteiger partial charge on any atom is -0.487 e. The predicted octanol–water partition coefficient (Wildman–Crippen LogP) is 4.57. The Labute approximate surface area is 215 Å². The molecule has 1 saturated heterocycles. The van der Waals surface area contributed by atoms with E-state index in [-0.39, 0.29) is 18.6 Å². The number of aromatic nitrogens is 2. The van der Waals surface area contributed by atoms with Crippen LogP contribution >= 0.6 is 15.9 Å². The highest BCUT2D eigenvalue weighted by Crippen LogP contribution is 2.45. The van der Waals surface area contributed by atoms with Gasteiger partial charge in [-0.05, 0) is 31.2 Å². The average Bonchev–Trinajstić information content (AvgIpc) is 3.29. The number of carbonyl (C=O) groups excluding carboxylic acids is 2. The maximum absolute atomic E-state index is 13.6. The van der Waals surface area contributed by atoms with Gasteiger partial charge in [0.1, 0.15) is 11.4 Å².